The van der Waals surface area contributed by atoms with Crippen LogP contribution in [-0.2, 0) is 4.79 Å². The number of hydrogen-bond acceptors (Lipinski definition) is 1. The van der Waals surface area contributed by atoms with E-state index >= 15 is 0 Å². The van der Waals surface area contributed by atoms with Gasteiger partial charge in [-0.1, -0.05) is 0 Å². The fourth-order valence-electron chi connectivity index (χ4n) is 0.725. The standard InChI is InChI=1S/C9H12F6I2O/c1-3-16-4-6(18)17-5-7(2,8(10,11)12)9(13,14)15/h3-5H2,1-2H3/q-2. The molecule has 1 nitrogen and oxygen atoms in total. The number of carbonyl (C=O) groups is 1. The molecule has 0 unspecified atom stereocenters. The first-order valence-electron chi connectivity index (χ1n) is 4.74. The van der Waals surface area contributed by atoms with Crippen molar-refractivity contribution in [3.63, 3.8) is 0 Å². The molecule has 0 aliphatic heterocycles. The van der Waals surface area contributed by atoms with Crippen molar-refractivity contribution in [2.75, 3.05) is 13.3 Å². The Kier molecular flexibility index (Phi) is 7.20. The summed E-state index contributed by atoms with van der Waals surface area (Å²) in [7, 11) is 0. The summed E-state index contributed by atoms with van der Waals surface area (Å²) >= 11 is -2.13. The second-order valence-corrected chi connectivity index (χ2v) is 9.64. The number of rotatable bonds is 6. The molecule has 0 aliphatic rings. The van der Waals surface area contributed by atoms with Crippen molar-refractivity contribution < 1.29 is 73.5 Å². The molecule has 0 heterocycles. The molecular weight excluding hydrogens is 492 g/mol. The molecule has 0 radical (unpaired) electrons. The molecule has 0 aromatic carbocycles. The van der Waals surface area contributed by atoms with Gasteiger partial charge in [-0.15, -0.1) is 0 Å². The molecule has 0 amide bonds. The second-order valence-electron chi connectivity index (χ2n) is 3.54. The van der Waals surface area contributed by atoms with Crippen molar-refractivity contribution in [1.29, 1.82) is 0 Å². The molecule has 0 aliphatic carbocycles. The van der Waals surface area contributed by atoms with E-state index in [2.05, 4.69) is 0 Å². The number of carbonyl (C=O) groups excluding carboxylic acids is 1. The average molecular weight is 504 g/mol. The summed E-state index contributed by atoms with van der Waals surface area (Å²) in [6.45, 7) is 1.98. The van der Waals surface area contributed by atoms with Gasteiger partial charge in [0.15, 0.2) is 0 Å². The summed E-state index contributed by atoms with van der Waals surface area (Å²) in [5.74, 6) is 0. The molecule has 0 saturated carbocycles. The van der Waals surface area contributed by atoms with Crippen molar-refractivity contribution in [1.82, 2.24) is 0 Å². The quantitative estimate of drug-likeness (QED) is 0.162. The zero-order valence-corrected chi connectivity index (χ0v) is 13.9. The maximum absolute atomic E-state index is 12.5. The fraction of sp³-hybridized carbons (Fsp3) is 0.889. The van der Waals surface area contributed by atoms with Crippen LogP contribution in [0.25, 0.3) is 0 Å². The number of alkyl halides is 9. The van der Waals surface area contributed by atoms with Gasteiger partial charge in [-0.25, -0.2) is 0 Å². The van der Waals surface area contributed by atoms with E-state index in [0.717, 1.165) is 4.43 Å². The summed E-state index contributed by atoms with van der Waals surface area (Å²) in [6, 6.07) is 0. The molecule has 0 rings (SSSR count). The van der Waals surface area contributed by atoms with Crippen LogP contribution < -0.4 is 42.4 Å². The van der Waals surface area contributed by atoms with Gasteiger partial charge >= 0.3 is 122 Å². The normalized spacial score (nSPS) is 14.2. The van der Waals surface area contributed by atoms with Crippen LogP contribution in [0.5, 0.6) is 0 Å². The molecule has 0 N–H and O–H groups in total. The van der Waals surface area contributed by atoms with Crippen LogP contribution in [0.3, 0.4) is 0 Å². The van der Waals surface area contributed by atoms with E-state index in [0.29, 0.717) is 0 Å². The van der Waals surface area contributed by atoms with Crippen LogP contribution in [0.1, 0.15) is 13.8 Å². The molecule has 0 spiro atoms. The number of halogens is 8. The Balaban J connectivity index is 4.71. The summed E-state index contributed by atoms with van der Waals surface area (Å²) in [5, 5.41) is 0. The molecule has 0 bridgehead atoms. The topological polar surface area (TPSA) is 17.1 Å². The van der Waals surface area contributed by atoms with Gasteiger partial charge in [0, 0.05) is 0 Å². The van der Waals surface area contributed by atoms with E-state index in [1.807, 2.05) is 6.92 Å². The van der Waals surface area contributed by atoms with Gasteiger partial charge in [-0.2, -0.15) is 0 Å². The van der Waals surface area contributed by atoms with Crippen molar-refractivity contribution in [2.24, 2.45) is 5.41 Å². The molecule has 9 heteroatoms. The average Bonchev–Trinajstić information content (AvgIpc) is 2.19. The van der Waals surface area contributed by atoms with E-state index in [1.165, 1.54) is 0 Å². The van der Waals surface area contributed by atoms with Crippen LogP contribution in [-0.4, -0.2) is 29.4 Å². The van der Waals surface area contributed by atoms with Crippen molar-refractivity contribution >= 4 is 3.79 Å². The predicted octanol–water partition coefficient (Wildman–Crippen LogP) is -3.16. The molecule has 0 aromatic rings. The van der Waals surface area contributed by atoms with Gasteiger partial charge in [0.1, 0.15) is 0 Å². The monoisotopic (exact) mass is 504 g/mol. The van der Waals surface area contributed by atoms with Crippen LogP contribution >= 0.6 is 0 Å². The summed E-state index contributed by atoms with van der Waals surface area (Å²) < 4.78 is 74.4. The van der Waals surface area contributed by atoms with Crippen LogP contribution in [0, 0.1) is 5.41 Å². The van der Waals surface area contributed by atoms with E-state index in [-0.39, 0.29) is 11.4 Å². The van der Waals surface area contributed by atoms with Crippen molar-refractivity contribution in [2.45, 2.75) is 26.2 Å². The zero-order valence-electron chi connectivity index (χ0n) is 9.55. The molecule has 0 aromatic heterocycles. The SMILES string of the molecule is CC[I-]CC(=O)[I-]CC(C)(C(F)(F)F)C(F)(F)F. The Morgan fingerprint density at radius 2 is 1.50 bits per heavy atom. The first-order valence-corrected chi connectivity index (χ1v) is 10.4. The third kappa shape index (κ3) is 5.00. The van der Waals surface area contributed by atoms with Gasteiger partial charge < -0.3 is 0 Å². The zero-order chi connectivity index (χ0) is 14.6. The third-order valence-electron chi connectivity index (χ3n) is 2.12. The molecule has 18 heavy (non-hydrogen) atoms. The summed E-state index contributed by atoms with van der Waals surface area (Å²) in [6.07, 6.45) is -10.7. The van der Waals surface area contributed by atoms with Gasteiger partial charge in [-0.05, 0) is 0 Å². The predicted molar refractivity (Wildman–Crippen MR) is 45.5 cm³/mol. The van der Waals surface area contributed by atoms with E-state index in [4.69, 9.17) is 0 Å². The summed E-state index contributed by atoms with van der Waals surface area (Å²) in [5.41, 5.74) is -3.76. The van der Waals surface area contributed by atoms with Gasteiger partial charge in [0.2, 0.25) is 0 Å². The molecule has 0 saturated heterocycles. The third-order valence-corrected chi connectivity index (χ3v) is 9.03. The minimum atomic E-state index is -5.37. The van der Waals surface area contributed by atoms with E-state index in [1.54, 1.807) is 0 Å². The molecule has 112 valence electrons. The Hall–Kier alpha value is 0.710. The Morgan fingerprint density at radius 3 is 1.83 bits per heavy atom. The molecule has 0 fully saturated rings. The van der Waals surface area contributed by atoms with E-state index in [9.17, 15) is 31.1 Å². The van der Waals surface area contributed by atoms with Crippen LogP contribution in [0.15, 0.2) is 0 Å². The van der Waals surface area contributed by atoms with Gasteiger partial charge in [0.05, 0.1) is 0 Å². The van der Waals surface area contributed by atoms with Crippen LogP contribution in [0.2, 0.25) is 0 Å². The second kappa shape index (κ2) is 6.93. The van der Waals surface area contributed by atoms with Gasteiger partial charge in [0.25, 0.3) is 0 Å². The number of hydrogen-bond donors (Lipinski definition) is 0. The first kappa shape index (κ1) is 18.7. The Morgan fingerprint density at radius 1 is 1.06 bits per heavy atom. The van der Waals surface area contributed by atoms with Crippen LogP contribution in [0.4, 0.5) is 26.3 Å². The fourth-order valence-corrected chi connectivity index (χ4v) is 6.68. The van der Waals surface area contributed by atoms with Gasteiger partial charge in [-0.3, -0.25) is 0 Å². The first-order chi connectivity index (χ1) is 7.95. The Labute approximate surface area is 122 Å². The molecule has 0 atom stereocenters. The van der Waals surface area contributed by atoms with Crippen molar-refractivity contribution in [3.8, 4) is 0 Å². The maximum atomic E-state index is 12.5. The minimum absolute atomic E-state index is 0.134. The van der Waals surface area contributed by atoms with E-state index < -0.39 is 68.4 Å². The molecular formula is C9H12F6I2O-2. The Bertz CT molecular complexity index is 272. The van der Waals surface area contributed by atoms with Crippen molar-refractivity contribution in [3.05, 3.63) is 0 Å². The summed E-state index contributed by atoms with van der Waals surface area (Å²) in [4.78, 5) is 11.2.